The van der Waals surface area contributed by atoms with E-state index in [2.05, 4.69) is 11.9 Å². The van der Waals surface area contributed by atoms with E-state index in [1.165, 1.54) is 7.11 Å². The van der Waals surface area contributed by atoms with Crippen LogP contribution in [0.1, 0.15) is 32.0 Å². The molecular weight excluding hydrogens is 330 g/mol. The van der Waals surface area contributed by atoms with Gasteiger partial charge in [-0.25, -0.2) is 4.79 Å². The number of carbonyl (C=O) groups is 2. The molecule has 0 saturated carbocycles. The van der Waals surface area contributed by atoms with Crippen molar-refractivity contribution in [3.05, 3.63) is 58.9 Å². The fraction of sp³-hybridized carbons (Fsp3) is 0.400. The molecule has 1 aliphatic heterocycles. The van der Waals surface area contributed by atoms with Crippen LogP contribution in [0.3, 0.4) is 0 Å². The van der Waals surface area contributed by atoms with Crippen molar-refractivity contribution in [3.63, 3.8) is 0 Å². The number of hydrogen-bond donors (Lipinski definition) is 0. The number of likely N-dealkylation sites (N-methyl/N-ethyl adjacent to an activating group) is 1. The van der Waals surface area contributed by atoms with E-state index >= 15 is 0 Å². The van der Waals surface area contributed by atoms with Crippen LogP contribution < -0.4 is 0 Å². The third kappa shape index (κ3) is 3.96. The molecule has 2 heterocycles. The molecule has 1 aromatic heterocycles. The second-order valence-electron chi connectivity index (χ2n) is 6.79. The Morgan fingerprint density at radius 2 is 1.81 bits per heavy atom. The lowest BCUT2D eigenvalue weighted by Crippen LogP contribution is -2.47. The number of ether oxygens (including phenoxy) is 1. The SMILES string of the molecule is COC(=O)c1cc(C)n(Cc2cccc(C(=O)N3CCN(C)CC3)c2)c1. The molecule has 3 rings (SSSR count). The van der Waals surface area contributed by atoms with Gasteiger partial charge in [0.1, 0.15) is 0 Å². The zero-order valence-corrected chi connectivity index (χ0v) is 15.6. The lowest BCUT2D eigenvalue weighted by molar-refractivity contribution is 0.0599. The standard InChI is InChI=1S/C20H25N3O3/c1-15-11-18(20(25)26-3)14-23(15)13-16-5-4-6-17(12-16)19(24)22-9-7-21(2)8-10-22/h4-6,11-12,14H,7-10,13H2,1-3H3. The van der Waals surface area contributed by atoms with E-state index < -0.39 is 0 Å². The molecule has 138 valence electrons. The predicted octanol–water partition coefficient (Wildman–Crippen LogP) is 2.02. The Morgan fingerprint density at radius 3 is 2.50 bits per heavy atom. The summed E-state index contributed by atoms with van der Waals surface area (Å²) in [6, 6.07) is 9.53. The highest BCUT2D eigenvalue weighted by Gasteiger charge is 2.20. The number of methoxy groups -OCH3 is 1. The van der Waals surface area contributed by atoms with Gasteiger partial charge >= 0.3 is 5.97 Å². The molecule has 1 saturated heterocycles. The van der Waals surface area contributed by atoms with E-state index in [9.17, 15) is 9.59 Å². The van der Waals surface area contributed by atoms with Gasteiger partial charge in [-0.3, -0.25) is 4.79 Å². The van der Waals surface area contributed by atoms with E-state index in [1.807, 2.05) is 46.7 Å². The van der Waals surface area contributed by atoms with Crippen molar-refractivity contribution in [1.29, 1.82) is 0 Å². The molecule has 0 unspecified atom stereocenters. The topological polar surface area (TPSA) is 54.8 Å². The van der Waals surface area contributed by atoms with Crippen LogP contribution in [0.25, 0.3) is 0 Å². The van der Waals surface area contributed by atoms with Crippen molar-refractivity contribution >= 4 is 11.9 Å². The highest BCUT2D eigenvalue weighted by Crippen LogP contribution is 2.15. The summed E-state index contributed by atoms with van der Waals surface area (Å²) in [6.07, 6.45) is 1.79. The van der Waals surface area contributed by atoms with Crippen molar-refractivity contribution in [2.75, 3.05) is 40.3 Å². The largest absolute Gasteiger partial charge is 0.465 e. The van der Waals surface area contributed by atoms with Crippen molar-refractivity contribution in [2.45, 2.75) is 13.5 Å². The first-order valence-corrected chi connectivity index (χ1v) is 8.80. The Morgan fingerprint density at radius 1 is 1.08 bits per heavy atom. The molecule has 6 nitrogen and oxygen atoms in total. The van der Waals surface area contributed by atoms with E-state index in [0.29, 0.717) is 17.7 Å². The number of aryl methyl sites for hydroxylation is 1. The number of esters is 1. The highest BCUT2D eigenvalue weighted by atomic mass is 16.5. The van der Waals surface area contributed by atoms with Gasteiger partial charge in [-0.05, 0) is 37.7 Å². The number of carbonyl (C=O) groups excluding carboxylic acids is 2. The first kappa shape index (κ1) is 18.2. The second kappa shape index (κ2) is 7.74. The molecule has 1 aromatic carbocycles. The van der Waals surface area contributed by atoms with Crippen LogP contribution in [0, 0.1) is 6.92 Å². The second-order valence-corrected chi connectivity index (χ2v) is 6.79. The third-order valence-corrected chi connectivity index (χ3v) is 4.85. The van der Waals surface area contributed by atoms with Crippen molar-refractivity contribution in [1.82, 2.24) is 14.4 Å². The number of nitrogens with zero attached hydrogens (tertiary/aromatic N) is 3. The fourth-order valence-electron chi connectivity index (χ4n) is 3.21. The molecule has 0 N–H and O–H groups in total. The van der Waals surface area contributed by atoms with Crippen LogP contribution in [0.15, 0.2) is 36.5 Å². The van der Waals surface area contributed by atoms with E-state index in [4.69, 9.17) is 4.74 Å². The van der Waals surface area contributed by atoms with Gasteiger partial charge in [-0.15, -0.1) is 0 Å². The Hall–Kier alpha value is -2.60. The van der Waals surface area contributed by atoms with E-state index in [-0.39, 0.29) is 11.9 Å². The summed E-state index contributed by atoms with van der Waals surface area (Å²) in [6.45, 7) is 5.89. The summed E-state index contributed by atoms with van der Waals surface area (Å²) in [5.41, 5.74) is 3.25. The average molecular weight is 355 g/mol. The summed E-state index contributed by atoms with van der Waals surface area (Å²) in [4.78, 5) is 28.6. The highest BCUT2D eigenvalue weighted by molar-refractivity contribution is 5.94. The summed E-state index contributed by atoms with van der Waals surface area (Å²) >= 11 is 0. The number of rotatable bonds is 4. The first-order valence-electron chi connectivity index (χ1n) is 8.80. The zero-order valence-electron chi connectivity index (χ0n) is 15.6. The van der Waals surface area contributed by atoms with E-state index in [1.54, 1.807) is 6.20 Å². The maximum absolute atomic E-state index is 12.7. The number of hydrogen-bond acceptors (Lipinski definition) is 4. The molecule has 0 radical (unpaired) electrons. The van der Waals surface area contributed by atoms with Gasteiger partial charge < -0.3 is 19.1 Å². The van der Waals surface area contributed by atoms with Crippen LogP contribution in [0.2, 0.25) is 0 Å². The van der Waals surface area contributed by atoms with Gasteiger partial charge in [0.05, 0.1) is 12.7 Å². The molecule has 0 spiro atoms. The lowest BCUT2D eigenvalue weighted by Gasteiger charge is -2.32. The molecule has 2 aromatic rings. The lowest BCUT2D eigenvalue weighted by atomic mass is 10.1. The third-order valence-electron chi connectivity index (χ3n) is 4.85. The van der Waals surface area contributed by atoms with Crippen LogP contribution in [-0.2, 0) is 11.3 Å². The number of piperazine rings is 1. The van der Waals surface area contributed by atoms with Gasteiger partial charge in [0.15, 0.2) is 0 Å². The minimum Gasteiger partial charge on any atom is -0.465 e. The Bertz CT molecular complexity index is 804. The number of amides is 1. The number of aromatic nitrogens is 1. The first-order chi connectivity index (χ1) is 12.5. The molecule has 1 amide bonds. The Kier molecular flexibility index (Phi) is 5.42. The average Bonchev–Trinajstić information content (AvgIpc) is 3.02. The van der Waals surface area contributed by atoms with Gasteiger partial charge in [0, 0.05) is 50.2 Å². The minimum atomic E-state index is -0.342. The van der Waals surface area contributed by atoms with Crippen molar-refractivity contribution in [3.8, 4) is 0 Å². The Balaban J connectivity index is 1.74. The molecule has 0 bridgehead atoms. The van der Waals surface area contributed by atoms with E-state index in [0.717, 1.165) is 37.4 Å². The normalized spacial score (nSPS) is 15.1. The molecule has 0 aliphatic carbocycles. The van der Waals surface area contributed by atoms with Crippen molar-refractivity contribution in [2.24, 2.45) is 0 Å². The molecule has 0 atom stereocenters. The summed E-state index contributed by atoms with van der Waals surface area (Å²) < 4.78 is 6.77. The molecular formula is C20H25N3O3. The van der Waals surface area contributed by atoms with Crippen molar-refractivity contribution < 1.29 is 14.3 Å². The number of benzene rings is 1. The van der Waals surface area contributed by atoms with Gasteiger partial charge in [-0.2, -0.15) is 0 Å². The maximum atomic E-state index is 12.7. The summed E-state index contributed by atoms with van der Waals surface area (Å²) in [5, 5.41) is 0. The van der Waals surface area contributed by atoms with Crippen LogP contribution in [-0.4, -0.2) is 66.6 Å². The maximum Gasteiger partial charge on any atom is 0.339 e. The fourth-order valence-corrected chi connectivity index (χ4v) is 3.21. The van der Waals surface area contributed by atoms with Gasteiger partial charge in [-0.1, -0.05) is 12.1 Å². The molecule has 6 heteroatoms. The predicted molar refractivity (Wildman–Crippen MR) is 99.5 cm³/mol. The summed E-state index contributed by atoms with van der Waals surface area (Å²) in [5.74, 6) is -0.259. The monoisotopic (exact) mass is 355 g/mol. The smallest absolute Gasteiger partial charge is 0.339 e. The quantitative estimate of drug-likeness (QED) is 0.788. The minimum absolute atomic E-state index is 0.0828. The molecule has 1 aliphatic rings. The molecule has 1 fully saturated rings. The van der Waals surface area contributed by atoms with Crippen LogP contribution in [0.4, 0.5) is 0 Å². The van der Waals surface area contributed by atoms with Crippen LogP contribution >= 0.6 is 0 Å². The zero-order chi connectivity index (χ0) is 18.7. The van der Waals surface area contributed by atoms with Gasteiger partial charge in [0.25, 0.3) is 5.91 Å². The molecule has 26 heavy (non-hydrogen) atoms. The Labute approximate surface area is 154 Å². The van der Waals surface area contributed by atoms with Crippen LogP contribution in [0.5, 0.6) is 0 Å². The summed E-state index contributed by atoms with van der Waals surface area (Å²) in [7, 11) is 3.45. The van der Waals surface area contributed by atoms with Gasteiger partial charge in [0.2, 0.25) is 0 Å².